The number of para-hydroxylation sites is 2. The van der Waals surface area contributed by atoms with Crippen molar-refractivity contribution >= 4 is 34.7 Å². The number of hydrogen-bond acceptors (Lipinski definition) is 4. The van der Waals surface area contributed by atoms with E-state index in [9.17, 15) is 4.79 Å². The van der Waals surface area contributed by atoms with Crippen molar-refractivity contribution < 1.29 is 9.53 Å². The van der Waals surface area contributed by atoms with E-state index in [1.54, 1.807) is 4.90 Å². The zero-order chi connectivity index (χ0) is 22.9. The van der Waals surface area contributed by atoms with E-state index in [0.717, 1.165) is 47.9 Å². The normalized spacial score (nSPS) is 16.9. The first kappa shape index (κ1) is 22.5. The summed E-state index contributed by atoms with van der Waals surface area (Å²) in [6.45, 7) is 8.01. The SMILES string of the molecule is CN(C(=O)OC(C)(C)C)[C@H]1CCCN(c2nc3ccccc3n2Cc2ccc(Cl)cc2)C1. The third-order valence-electron chi connectivity index (χ3n) is 5.80. The van der Waals surface area contributed by atoms with Gasteiger partial charge in [-0.1, -0.05) is 35.9 Å². The van der Waals surface area contributed by atoms with Crippen LogP contribution >= 0.6 is 11.6 Å². The van der Waals surface area contributed by atoms with E-state index in [-0.39, 0.29) is 12.1 Å². The van der Waals surface area contributed by atoms with Crippen molar-refractivity contribution in [2.45, 2.75) is 51.8 Å². The number of carbonyl (C=O) groups is 1. The molecule has 1 aliphatic rings. The van der Waals surface area contributed by atoms with Gasteiger partial charge in [-0.25, -0.2) is 9.78 Å². The molecule has 1 aromatic heterocycles. The van der Waals surface area contributed by atoms with Gasteiger partial charge in [0.2, 0.25) is 5.95 Å². The monoisotopic (exact) mass is 454 g/mol. The number of anilines is 1. The number of likely N-dealkylation sites (N-methyl/N-ethyl adjacent to an activating group) is 1. The minimum Gasteiger partial charge on any atom is -0.444 e. The number of piperidine rings is 1. The summed E-state index contributed by atoms with van der Waals surface area (Å²) in [5.41, 5.74) is 2.73. The van der Waals surface area contributed by atoms with Gasteiger partial charge in [-0.15, -0.1) is 0 Å². The molecule has 0 unspecified atom stereocenters. The fourth-order valence-electron chi connectivity index (χ4n) is 4.17. The topological polar surface area (TPSA) is 50.6 Å². The maximum Gasteiger partial charge on any atom is 0.410 e. The largest absolute Gasteiger partial charge is 0.444 e. The number of halogens is 1. The van der Waals surface area contributed by atoms with Gasteiger partial charge >= 0.3 is 6.09 Å². The first-order valence-electron chi connectivity index (χ1n) is 11.1. The number of ether oxygens (including phenoxy) is 1. The Bertz CT molecular complexity index is 1090. The van der Waals surface area contributed by atoms with E-state index in [0.29, 0.717) is 6.54 Å². The maximum absolute atomic E-state index is 12.6. The highest BCUT2D eigenvalue weighted by molar-refractivity contribution is 6.30. The Labute approximate surface area is 194 Å². The average molecular weight is 455 g/mol. The highest BCUT2D eigenvalue weighted by Gasteiger charge is 2.31. The van der Waals surface area contributed by atoms with Gasteiger partial charge in [-0.05, 0) is 63.4 Å². The molecule has 1 atom stereocenters. The molecule has 1 aliphatic heterocycles. The summed E-state index contributed by atoms with van der Waals surface area (Å²) in [7, 11) is 1.83. The van der Waals surface area contributed by atoms with E-state index < -0.39 is 5.60 Å². The number of hydrogen-bond donors (Lipinski definition) is 0. The maximum atomic E-state index is 12.6. The molecule has 0 aliphatic carbocycles. The highest BCUT2D eigenvalue weighted by Crippen LogP contribution is 2.28. The molecule has 1 fully saturated rings. The molecule has 0 saturated carbocycles. The first-order valence-corrected chi connectivity index (χ1v) is 11.5. The molecule has 1 saturated heterocycles. The van der Waals surface area contributed by atoms with E-state index >= 15 is 0 Å². The molecule has 1 amide bonds. The second-order valence-corrected chi connectivity index (χ2v) is 9.88. The predicted octanol–water partition coefficient (Wildman–Crippen LogP) is 5.57. The summed E-state index contributed by atoms with van der Waals surface area (Å²) in [6.07, 6.45) is 1.66. The quantitative estimate of drug-likeness (QED) is 0.516. The molecule has 0 radical (unpaired) electrons. The molecular weight excluding hydrogens is 424 g/mol. The zero-order valence-electron chi connectivity index (χ0n) is 19.2. The second kappa shape index (κ2) is 9.02. The zero-order valence-corrected chi connectivity index (χ0v) is 20.0. The Morgan fingerprint density at radius 3 is 2.62 bits per heavy atom. The molecule has 2 heterocycles. The lowest BCUT2D eigenvalue weighted by Crippen LogP contribution is -2.50. The van der Waals surface area contributed by atoms with Gasteiger partial charge < -0.3 is 19.1 Å². The fourth-order valence-corrected chi connectivity index (χ4v) is 4.29. The van der Waals surface area contributed by atoms with E-state index in [4.69, 9.17) is 21.3 Å². The van der Waals surface area contributed by atoms with Crippen LogP contribution in [0.25, 0.3) is 11.0 Å². The molecule has 0 spiro atoms. The van der Waals surface area contributed by atoms with Crippen molar-refractivity contribution in [1.29, 1.82) is 0 Å². The highest BCUT2D eigenvalue weighted by atomic mass is 35.5. The van der Waals surface area contributed by atoms with Crippen LogP contribution in [0.3, 0.4) is 0 Å². The Hall–Kier alpha value is -2.73. The van der Waals surface area contributed by atoms with Gasteiger partial charge in [0.15, 0.2) is 0 Å². The fraction of sp³-hybridized carbons (Fsp3) is 0.440. The lowest BCUT2D eigenvalue weighted by molar-refractivity contribution is 0.0209. The van der Waals surface area contributed by atoms with Crippen molar-refractivity contribution in [3.05, 3.63) is 59.1 Å². The number of benzene rings is 2. The lowest BCUT2D eigenvalue weighted by atomic mass is 10.1. The van der Waals surface area contributed by atoms with Crippen molar-refractivity contribution in [1.82, 2.24) is 14.5 Å². The third-order valence-corrected chi connectivity index (χ3v) is 6.05. The average Bonchev–Trinajstić information content (AvgIpc) is 3.12. The van der Waals surface area contributed by atoms with Gasteiger partial charge in [-0.2, -0.15) is 0 Å². The summed E-state index contributed by atoms with van der Waals surface area (Å²) in [6, 6.07) is 16.2. The van der Waals surface area contributed by atoms with Crippen LogP contribution in [0.4, 0.5) is 10.7 Å². The van der Waals surface area contributed by atoms with E-state index in [1.165, 1.54) is 5.56 Å². The minimum atomic E-state index is -0.508. The van der Waals surface area contributed by atoms with Gasteiger partial charge in [0, 0.05) is 25.2 Å². The van der Waals surface area contributed by atoms with Crippen LogP contribution in [0.5, 0.6) is 0 Å². The number of aromatic nitrogens is 2. The van der Waals surface area contributed by atoms with Crippen LogP contribution < -0.4 is 4.90 Å². The van der Waals surface area contributed by atoms with Crippen molar-refractivity contribution in [2.75, 3.05) is 25.0 Å². The predicted molar refractivity (Wildman–Crippen MR) is 130 cm³/mol. The summed E-state index contributed by atoms with van der Waals surface area (Å²) in [5, 5.41) is 0.730. The van der Waals surface area contributed by atoms with Crippen LogP contribution in [-0.4, -0.2) is 52.3 Å². The summed E-state index contributed by atoms with van der Waals surface area (Å²) in [4.78, 5) is 21.6. The number of nitrogens with zero attached hydrogens (tertiary/aromatic N) is 4. The van der Waals surface area contributed by atoms with Gasteiger partial charge in [0.1, 0.15) is 5.60 Å². The smallest absolute Gasteiger partial charge is 0.410 e. The van der Waals surface area contributed by atoms with Crippen molar-refractivity contribution in [3.8, 4) is 0 Å². The minimum absolute atomic E-state index is 0.0717. The lowest BCUT2D eigenvalue weighted by Gasteiger charge is -2.38. The number of imidazole rings is 1. The molecule has 32 heavy (non-hydrogen) atoms. The van der Waals surface area contributed by atoms with Crippen molar-refractivity contribution in [2.24, 2.45) is 0 Å². The van der Waals surface area contributed by atoms with Crippen LogP contribution in [0, 0.1) is 0 Å². The van der Waals surface area contributed by atoms with E-state index in [2.05, 4.69) is 27.7 Å². The number of amides is 1. The molecule has 3 aromatic rings. The molecule has 0 N–H and O–H groups in total. The molecule has 7 heteroatoms. The van der Waals surface area contributed by atoms with Gasteiger partial charge in [0.25, 0.3) is 0 Å². The number of rotatable bonds is 4. The summed E-state index contributed by atoms with van der Waals surface area (Å²) in [5.74, 6) is 0.934. The van der Waals surface area contributed by atoms with Crippen LogP contribution in [-0.2, 0) is 11.3 Å². The molecule has 0 bridgehead atoms. The molecule has 4 rings (SSSR count). The Balaban J connectivity index is 1.61. The Morgan fingerprint density at radius 2 is 1.91 bits per heavy atom. The Morgan fingerprint density at radius 1 is 1.19 bits per heavy atom. The van der Waals surface area contributed by atoms with Crippen LogP contribution in [0.2, 0.25) is 5.02 Å². The molecule has 6 nitrogen and oxygen atoms in total. The number of fused-ring (bicyclic) bond motifs is 1. The second-order valence-electron chi connectivity index (χ2n) is 9.45. The molecular formula is C25H31ClN4O2. The van der Waals surface area contributed by atoms with E-state index in [1.807, 2.05) is 58.2 Å². The number of carbonyl (C=O) groups excluding carboxylic acids is 1. The molecule has 2 aromatic carbocycles. The third kappa shape index (κ3) is 5.01. The molecule has 170 valence electrons. The Kier molecular flexibility index (Phi) is 6.33. The summed E-state index contributed by atoms with van der Waals surface area (Å²) >= 11 is 6.08. The first-order chi connectivity index (χ1) is 15.2. The van der Waals surface area contributed by atoms with Gasteiger partial charge in [0.05, 0.1) is 23.6 Å². The summed E-state index contributed by atoms with van der Waals surface area (Å²) < 4.78 is 7.85. The van der Waals surface area contributed by atoms with Crippen molar-refractivity contribution in [3.63, 3.8) is 0 Å². The standard InChI is InChI=1S/C25H31ClN4O2/c1-25(2,3)32-24(31)28(4)20-8-7-15-29(17-20)23-27-21-9-5-6-10-22(21)30(23)16-18-11-13-19(26)14-12-18/h5-6,9-14,20H,7-8,15-17H2,1-4H3/t20-/m0/s1. The van der Waals surface area contributed by atoms with Gasteiger partial charge in [-0.3, -0.25) is 0 Å². The van der Waals surface area contributed by atoms with Crippen LogP contribution in [0.1, 0.15) is 39.2 Å². The van der Waals surface area contributed by atoms with Crippen LogP contribution in [0.15, 0.2) is 48.5 Å².